The molecule has 2 saturated heterocycles. The van der Waals surface area contributed by atoms with Gasteiger partial charge in [-0.1, -0.05) is 13.3 Å². The lowest BCUT2D eigenvalue weighted by atomic mass is 9.99. The van der Waals surface area contributed by atoms with E-state index < -0.39 is 10.2 Å². The van der Waals surface area contributed by atoms with E-state index in [2.05, 4.69) is 11.6 Å². The molecule has 2 aliphatic heterocycles. The molecule has 0 saturated carbocycles. The number of methoxy groups -OCH3 is 1. The molecule has 0 aliphatic carbocycles. The van der Waals surface area contributed by atoms with Crippen LogP contribution < -0.4 is 4.72 Å². The number of nitrogens with zero attached hydrogens (tertiary/aromatic N) is 2. The van der Waals surface area contributed by atoms with Gasteiger partial charge in [0.05, 0.1) is 6.10 Å². The van der Waals surface area contributed by atoms with E-state index in [0.717, 1.165) is 25.7 Å². The van der Waals surface area contributed by atoms with Crippen LogP contribution in [0.25, 0.3) is 0 Å². The maximum absolute atomic E-state index is 12.6. The highest BCUT2D eigenvalue weighted by Gasteiger charge is 2.38. The normalized spacial score (nSPS) is 27.5. The summed E-state index contributed by atoms with van der Waals surface area (Å²) in [5.74, 6) is 0.198. The monoisotopic (exact) mass is 347 g/mol. The van der Waals surface area contributed by atoms with Gasteiger partial charge >= 0.3 is 0 Å². The molecule has 2 aliphatic rings. The Kier molecular flexibility index (Phi) is 6.41. The first-order chi connectivity index (χ1) is 10.9. The number of likely N-dealkylation sites (tertiary alicyclic amines) is 1. The average Bonchev–Trinajstić information content (AvgIpc) is 2.90. The van der Waals surface area contributed by atoms with E-state index in [0.29, 0.717) is 26.2 Å². The van der Waals surface area contributed by atoms with Crippen LogP contribution in [0.3, 0.4) is 0 Å². The molecule has 23 heavy (non-hydrogen) atoms. The maximum atomic E-state index is 12.6. The molecule has 0 aromatic rings. The predicted molar refractivity (Wildman–Crippen MR) is 88.1 cm³/mol. The van der Waals surface area contributed by atoms with Crippen LogP contribution in [0.15, 0.2) is 0 Å². The summed E-state index contributed by atoms with van der Waals surface area (Å²) in [6.45, 7) is 5.69. The third kappa shape index (κ3) is 4.65. The SMILES string of the molecule is CCC[C@@H]1CN(C(C)=O)C[C@H]1NS(=O)(=O)N1CCC(OC)CC1. The second-order valence-electron chi connectivity index (χ2n) is 6.54. The molecule has 134 valence electrons. The first-order valence-electron chi connectivity index (χ1n) is 8.43. The first kappa shape index (κ1) is 18.6. The Bertz CT molecular complexity index is 503. The Morgan fingerprint density at radius 2 is 1.91 bits per heavy atom. The lowest BCUT2D eigenvalue weighted by Crippen LogP contribution is -2.51. The smallest absolute Gasteiger partial charge is 0.279 e. The molecular formula is C15H29N3O4S. The highest BCUT2D eigenvalue weighted by molar-refractivity contribution is 7.87. The molecule has 7 nitrogen and oxygen atoms in total. The summed E-state index contributed by atoms with van der Waals surface area (Å²) in [5, 5.41) is 0. The number of nitrogens with one attached hydrogen (secondary N) is 1. The van der Waals surface area contributed by atoms with Gasteiger partial charge in [-0.2, -0.15) is 17.4 Å². The van der Waals surface area contributed by atoms with Crippen LogP contribution in [0.2, 0.25) is 0 Å². The fourth-order valence-electron chi connectivity index (χ4n) is 3.50. The van der Waals surface area contributed by atoms with Gasteiger partial charge in [-0.25, -0.2) is 0 Å². The number of carbonyl (C=O) groups is 1. The van der Waals surface area contributed by atoms with Crippen molar-refractivity contribution < 1.29 is 17.9 Å². The highest BCUT2D eigenvalue weighted by atomic mass is 32.2. The molecule has 2 rings (SSSR count). The van der Waals surface area contributed by atoms with Gasteiger partial charge in [0, 0.05) is 46.3 Å². The van der Waals surface area contributed by atoms with Gasteiger partial charge in [-0.15, -0.1) is 0 Å². The second-order valence-corrected chi connectivity index (χ2v) is 8.24. The van der Waals surface area contributed by atoms with Crippen molar-refractivity contribution in [1.29, 1.82) is 0 Å². The lowest BCUT2D eigenvalue weighted by Gasteiger charge is -2.32. The van der Waals surface area contributed by atoms with Crippen molar-refractivity contribution in [3.05, 3.63) is 0 Å². The maximum Gasteiger partial charge on any atom is 0.279 e. The molecule has 1 amide bonds. The van der Waals surface area contributed by atoms with Gasteiger partial charge in [0.15, 0.2) is 0 Å². The number of amides is 1. The van der Waals surface area contributed by atoms with Gasteiger partial charge < -0.3 is 9.64 Å². The van der Waals surface area contributed by atoms with E-state index in [1.807, 2.05) is 0 Å². The van der Waals surface area contributed by atoms with Crippen molar-refractivity contribution in [3.8, 4) is 0 Å². The van der Waals surface area contributed by atoms with E-state index >= 15 is 0 Å². The number of hydrogen-bond acceptors (Lipinski definition) is 4. The minimum Gasteiger partial charge on any atom is -0.381 e. The molecule has 0 bridgehead atoms. The summed E-state index contributed by atoms with van der Waals surface area (Å²) in [7, 11) is -1.84. The van der Waals surface area contributed by atoms with E-state index in [-0.39, 0.29) is 24.0 Å². The van der Waals surface area contributed by atoms with Gasteiger partial charge in [0.1, 0.15) is 0 Å². The minimum atomic E-state index is -3.51. The van der Waals surface area contributed by atoms with Gasteiger partial charge in [0.25, 0.3) is 10.2 Å². The quantitative estimate of drug-likeness (QED) is 0.762. The molecule has 2 atom stereocenters. The molecule has 2 fully saturated rings. The van der Waals surface area contributed by atoms with Crippen LogP contribution in [-0.2, 0) is 19.7 Å². The van der Waals surface area contributed by atoms with Crippen LogP contribution in [0, 0.1) is 5.92 Å². The summed E-state index contributed by atoms with van der Waals surface area (Å²) in [5.41, 5.74) is 0. The topological polar surface area (TPSA) is 79.0 Å². The molecule has 8 heteroatoms. The Hall–Kier alpha value is -0.700. The average molecular weight is 347 g/mol. The molecule has 0 radical (unpaired) electrons. The van der Waals surface area contributed by atoms with Crippen LogP contribution in [0.1, 0.15) is 39.5 Å². The van der Waals surface area contributed by atoms with E-state index in [1.165, 1.54) is 11.2 Å². The molecule has 0 unspecified atom stereocenters. The Morgan fingerprint density at radius 3 is 2.43 bits per heavy atom. The third-order valence-electron chi connectivity index (χ3n) is 4.92. The fraction of sp³-hybridized carbons (Fsp3) is 0.933. The molecule has 0 aromatic heterocycles. The van der Waals surface area contributed by atoms with Crippen molar-refractivity contribution >= 4 is 16.1 Å². The molecule has 0 spiro atoms. The summed E-state index contributed by atoms with van der Waals surface area (Å²) < 4.78 is 34.9. The number of hydrogen-bond donors (Lipinski definition) is 1. The van der Waals surface area contributed by atoms with E-state index in [1.54, 1.807) is 12.0 Å². The zero-order valence-electron chi connectivity index (χ0n) is 14.3. The van der Waals surface area contributed by atoms with Crippen molar-refractivity contribution in [3.63, 3.8) is 0 Å². The molecular weight excluding hydrogens is 318 g/mol. The van der Waals surface area contributed by atoms with E-state index in [9.17, 15) is 13.2 Å². The van der Waals surface area contributed by atoms with Crippen molar-refractivity contribution in [2.45, 2.75) is 51.7 Å². The Balaban J connectivity index is 1.99. The summed E-state index contributed by atoms with van der Waals surface area (Å²) in [4.78, 5) is 13.3. The van der Waals surface area contributed by atoms with Crippen LogP contribution >= 0.6 is 0 Å². The number of carbonyl (C=O) groups excluding carboxylic acids is 1. The van der Waals surface area contributed by atoms with Crippen LogP contribution in [-0.4, -0.2) is 69.0 Å². The molecule has 2 heterocycles. The van der Waals surface area contributed by atoms with Crippen molar-refractivity contribution in [1.82, 2.24) is 13.9 Å². The largest absolute Gasteiger partial charge is 0.381 e. The Labute approximate surface area is 139 Å². The van der Waals surface area contributed by atoms with Crippen LogP contribution in [0.5, 0.6) is 0 Å². The van der Waals surface area contributed by atoms with Gasteiger partial charge in [-0.3, -0.25) is 4.79 Å². The fourth-order valence-corrected chi connectivity index (χ4v) is 4.99. The molecule has 1 N–H and O–H groups in total. The number of piperidine rings is 1. The molecule has 0 aromatic carbocycles. The zero-order valence-corrected chi connectivity index (χ0v) is 15.1. The lowest BCUT2D eigenvalue weighted by molar-refractivity contribution is -0.127. The Morgan fingerprint density at radius 1 is 1.26 bits per heavy atom. The van der Waals surface area contributed by atoms with Gasteiger partial charge in [0.2, 0.25) is 5.91 Å². The predicted octanol–water partition coefficient (Wildman–Crippen LogP) is 0.579. The van der Waals surface area contributed by atoms with Crippen molar-refractivity contribution in [2.24, 2.45) is 5.92 Å². The minimum absolute atomic E-state index is 0.00806. The number of ether oxygens (including phenoxy) is 1. The summed E-state index contributed by atoms with van der Waals surface area (Å²) in [6.07, 6.45) is 3.49. The summed E-state index contributed by atoms with van der Waals surface area (Å²) >= 11 is 0. The first-order valence-corrected chi connectivity index (χ1v) is 9.87. The highest BCUT2D eigenvalue weighted by Crippen LogP contribution is 2.24. The number of rotatable bonds is 6. The third-order valence-corrected chi connectivity index (χ3v) is 6.57. The second kappa shape index (κ2) is 7.92. The van der Waals surface area contributed by atoms with Crippen LogP contribution in [0.4, 0.5) is 0 Å². The summed E-state index contributed by atoms with van der Waals surface area (Å²) in [6, 6.07) is -0.191. The van der Waals surface area contributed by atoms with Crippen molar-refractivity contribution in [2.75, 3.05) is 33.3 Å². The van der Waals surface area contributed by atoms with E-state index in [4.69, 9.17) is 4.74 Å². The zero-order chi connectivity index (χ0) is 17.0. The van der Waals surface area contributed by atoms with Gasteiger partial charge in [-0.05, 0) is 25.2 Å². The standard InChI is InChI=1S/C15H29N3O4S/c1-4-5-13-10-17(12(2)19)11-15(13)16-23(20,21)18-8-6-14(22-3)7-9-18/h13-16H,4-11H2,1-3H3/t13-,15-/m1/s1.